The normalized spacial score (nSPS) is 19.0. The summed E-state index contributed by atoms with van der Waals surface area (Å²) in [6, 6.07) is 6.30. The lowest BCUT2D eigenvalue weighted by molar-refractivity contribution is 0.823. The zero-order valence-corrected chi connectivity index (χ0v) is 13.0. The zero-order chi connectivity index (χ0) is 15.4. The Bertz CT molecular complexity index is 588. The van der Waals surface area contributed by atoms with Crippen LogP contribution in [0.2, 0.25) is 0 Å². The summed E-state index contributed by atoms with van der Waals surface area (Å²) in [7, 11) is 0. The van der Waals surface area contributed by atoms with E-state index in [1.807, 2.05) is 19.9 Å². The molecule has 0 saturated carbocycles. The Hall–Kier alpha value is -1.97. The minimum atomic E-state index is 0.0307. The fourth-order valence-corrected chi connectivity index (χ4v) is 2.76. The predicted molar refractivity (Wildman–Crippen MR) is 87.5 cm³/mol. The lowest BCUT2D eigenvalue weighted by atomic mass is 9.91. The molecule has 4 heteroatoms. The van der Waals surface area contributed by atoms with E-state index in [4.69, 9.17) is 5.73 Å². The van der Waals surface area contributed by atoms with Crippen LogP contribution in [0.3, 0.4) is 0 Å². The summed E-state index contributed by atoms with van der Waals surface area (Å²) in [4.78, 5) is 15.0. The topological polar surface area (TPSA) is 67.8 Å². The van der Waals surface area contributed by atoms with Gasteiger partial charge in [-0.15, -0.1) is 0 Å². The number of rotatable bonds is 4. The molecule has 21 heavy (non-hydrogen) atoms. The van der Waals surface area contributed by atoms with Gasteiger partial charge in [-0.05, 0) is 50.3 Å². The lowest BCUT2D eigenvalue weighted by Crippen LogP contribution is -2.23. The molecule has 2 N–H and O–H groups in total. The van der Waals surface area contributed by atoms with Crippen molar-refractivity contribution >= 4 is 5.84 Å². The van der Waals surface area contributed by atoms with Crippen LogP contribution in [-0.4, -0.2) is 11.9 Å². The van der Waals surface area contributed by atoms with E-state index >= 15 is 0 Å². The van der Waals surface area contributed by atoms with Gasteiger partial charge in [0.1, 0.15) is 12.4 Å². The Morgan fingerprint density at radius 1 is 1.38 bits per heavy atom. The third-order valence-corrected chi connectivity index (χ3v) is 3.76. The lowest BCUT2D eigenvalue weighted by Gasteiger charge is -2.17. The molecule has 1 aromatic rings. The van der Waals surface area contributed by atoms with Crippen LogP contribution in [0.1, 0.15) is 49.8 Å². The van der Waals surface area contributed by atoms with Gasteiger partial charge in [0.05, 0.1) is 5.92 Å². The summed E-state index contributed by atoms with van der Waals surface area (Å²) in [6.45, 7) is 6.41. The molecular weight excluding hydrogens is 262 g/mol. The highest BCUT2D eigenvalue weighted by Gasteiger charge is 2.20. The average Bonchev–Trinajstić information content (AvgIpc) is 2.58. The van der Waals surface area contributed by atoms with Crippen LogP contribution in [0.25, 0.3) is 0 Å². The predicted octanol–water partition coefficient (Wildman–Crippen LogP) is 3.69. The highest BCUT2D eigenvalue weighted by atomic mass is 16.3. The van der Waals surface area contributed by atoms with Crippen LogP contribution >= 0.6 is 0 Å². The third kappa shape index (κ3) is 3.78. The van der Waals surface area contributed by atoms with E-state index in [-0.39, 0.29) is 18.5 Å². The number of nitrogens with two attached hydrogens (primary N) is 1. The van der Waals surface area contributed by atoms with Crippen molar-refractivity contribution in [3.8, 4) is 0 Å². The van der Waals surface area contributed by atoms with Crippen LogP contribution in [0.4, 0.5) is 0 Å². The van der Waals surface area contributed by atoms with Gasteiger partial charge in [-0.25, -0.2) is 0 Å². The Morgan fingerprint density at radius 3 is 2.81 bits per heavy atom. The first-order valence-electron chi connectivity index (χ1n) is 7.42. The molecule has 112 valence electrons. The fraction of sp³-hybridized carbons (Fsp3) is 0.471. The van der Waals surface area contributed by atoms with Crippen molar-refractivity contribution in [2.45, 2.75) is 52.1 Å². The quantitative estimate of drug-likeness (QED) is 0.397. The number of aliphatic imine (C=N–C) groups is 1. The van der Waals surface area contributed by atoms with Crippen LogP contribution in [0.5, 0.6) is 0 Å². The van der Waals surface area contributed by atoms with Crippen LogP contribution < -0.4 is 5.73 Å². The van der Waals surface area contributed by atoms with Crippen molar-refractivity contribution in [1.29, 1.82) is 0 Å². The molecular formula is C17H23N3O. The number of allylic oxidation sites excluding steroid dienone is 1. The van der Waals surface area contributed by atoms with Crippen molar-refractivity contribution in [3.63, 3.8) is 0 Å². The van der Waals surface area contributed by atoms with Gasteiger partial charge in [0.15, 0.2) is 0 Å². The van der Waals surface area contributed by atoms with Crippen molar-refractivity contribution in [1.82, 2.24) is 0 Å². The van der Waals surface area contributed by atoms with Gasteiger partial charge >= 0.3 is 0 Å². The van der Waals surface area contributed by atoms with Gasteiger partial charge in [-0.3, -0.25) is 4.99 Å². The number of aryl methyl sites for hydroxylation is 1. The number of benzene rings is 1. The summed E-state index contributed by atoms with van der Waals surface area (Å²) in [5.74, 6) is 0.692. The van der Waals surface area contributed by atoms with E-state index in [9.17, 15) is 4.91 Å². The smallest absolute Gasteiger partial charge is 0.106 e. The Labute approximate surface area is 126 Å². The first kappa shape index (κ1) is 15.4. The summed E-state index contributed by atoms with van der Waals surface area (Å²) >= 11 is 0. The largest absolute Gasteiger partial charge is 0.387 e. The van der Waals surface area contributed by atoms with E-state index in [1.54, 1.807) is 0 Å². The van der Waals surface area contributed by atoms with Gasteiger partial charge in [-0.2, -0.15) is 4.91 Å². The number of nitrogens with zero attached hydrogens (tertiary/aromatic N) is 2. The second-order valence-electron chi connectivity index (χ2n) is 5.96. The first-order chi connectivity index (χ1) is 10.0. The zero-order valence-electron chi connectivity index (χ0n) is 13.0. The van der Waals surface area contributed by atoms with Gasteiger partial charge < -0.3 is 5.73 Å². The molecule has 0 aromatic heterocycles. The maximum absolute atomic E-state index is 10.5. The second kappa shape index (κ2) is 6.66. The Morgan fingerprint density at radius 2 is 2.14 bits per heavy atom. The standard InChI is InChI=1S/C17H23N3O/c1-11(2)20-17(18)16-8-12(3)4-6-14-9-13(10-19-21)5-7-15(14)16/h5,7-9,11,16H,4,6,10H2,1-3H3,(H2,18,20). The van der Waals surface area contributed by atoms with Gasteiger partial charge in [0, 0.05) is 6.04 Å². The molecule has 2 rings (SSSR count). The molecule has 0 saturated heterocycles. The molecule has 1 aliphatic rings. The fourth-order valence-electron chi connectivity index (χ4n) is 2.76. The SMILES string of the molecule is CC1=CC(C(N)=NC(C)C)c2ccc(CN=O)cc2CC1. The van der Waals surface area contributed by atoms with Crippen LogP contribution in [-0.2, 0) is 13.0 Å². The molecule has 0 amide bonds. The van der Waals surface area contributed by atoms with Crippen LogP contribution in [0, 0.1) is 4.91 Å². The molecule has 0 aliphatic heterocycles. The van der Waals surface area contributed by atoms with Crippen molar-refractivity contribution in [2.24, 2.45) is 15.9 Å². The highest BCUT2D eigenvalue weighted by molar-refractivity contribution is 5.90. The minimum Gasteiger partial charge on any atom is -0.387 e. The molecule has 1 aromatic carbocycles. The van der Waals surface area contributed by atoms with Gasteiger partial charge in [-0.1, -0.05) is 35.0 Å². The number of hydrogen-bond donors (Lipinski definition) is 1. The van der Waals surface area contributed by atoms with E-state index in [1.165, 1.54) is 16.7 Å². The molecule has 0 bridgehead atoms. The minimum absolute atomic E-state index is 0.0307. The number of amidine groups is 1. The Kier molecular flexibility index (Phi) is 4.89. The molecule has 0 spiro atoms. The Balaban J connectivity index is 2.45. The molecule has 0 radical (unpaired) electrons. The number of hydrogen-bond acceptors (Lipinski definition) is 3. The summed E-state index contributed by atoms with van der Waals surface area (Å²) in [5, 5.41) is 2.98. The second-order valence-corrected chi connectivity index (χ2v) is 5.96. The van der Waals surface area contributed by atoms with Gasteiger partial charge in [0.2, 0.25) is 0 Å². The third-order valence-electron chi connectivity index (χ3n) is 3.76. The van der Waals surface area contributed by atoms with E-state index in [0.717, 1.165) is 18.4 Å². The number of fused-ring (bicyclic) bond motifs is 1. The van der Waals surface area contributed by atoms with Crippen molar-refractivity contribution < 1.29 is 0 Å². The molecule has 1 unspecified atom stereocenters. The number of nitroso groups, excluding NO2 is 1. The molecule has 1 aliphatic carbocycles. The maximum atomic E-state index is 10.5. The van der Waals surface area contributed by atoms with E-state index in [2.05, 4.69) is 35.3 Å². The monoisotopic (exact) mass is 285 g/mol. The van der Waals surface area contributed by atoms with E-state index in [0.29, 0.717) is 5.84 Å². The highest BCUT2D eigenvalue weighted by Crippen LogP contribution is 2.30. The summed E-state index contributed by atoms with van der Waals surface area (Å²) in [5.41, 5.74) is 11.0. The van der Waals surface area contributed by atoms with Crippen molar-refractivity contribution in [2.75, 3.05) is 0 Å². The average molecular weight is 285 g/mol. The molecule has 4 nitrogen and oxygen atoms in total. The summed E-state index contributed by atoms with van der Waals surface area (Å²) in [6.07, 6.45) is 4.19. The van der Waals surface area contributed by atoms with Crippen LogP contribution in [0.15, 0.2) is 40.0 Å². The van der Waals surface area contributed by atoms with E-state index < -0.39 is 0 Å². The van der Waals surface area contributed by atoms with Crippen molar-refractivity contribution in [3.05, 3.63) is 51.4 Å². The summed E-state index contributed by atoms with van der Waals surface area (Å²) < 4.78 is 0. The molecule has 0 heterocycles. The molecule has 1 atom stereocenters. The first-order valence-corrected chi connectivity index (χ1v) is 7.42. The van der Waals surface area contributed by atoms with Gasteiger partial charge in [0.25, 0.3) is 0 Å². The maximum Gasteiger partial charge on any atom is 0.106 e. The molecule has 0 fully saturated rings.